The number of rotatable bonds is 3. The molecule has 0 aromatic carbocycles. The number of carbonyl (C=O) groups excluding carboxylic acids is 1. The Bertz CT molecular complexity index is 542. The van der Waals surface area contributed by atoms with E-state index < -0.39 is 5.97 Å². The molecule has 1 saturated heterocycles. The van der Waals surface area contributed by atoms with E-state index in [0.29, 0.717) is 10.4 Å². The van der Waals surface area contributed by atoms with Gasteiger partial charge in [0.1, 0.15) is 21.5 Å². The van der Waals surface area contributed by atoms with Gasteiger partial charge in [-0.2, -0.15) is 5.26 Å². The highest BCUT2D eigenvalue weighted by atomic mass is 32.1. The van der Waals surface area contributed by atoms with Gasteiger partial charge in [0.05, 0.1) is 18.9 Å². The second-order valence-electron chi connectivity index (χ2n) is 4.55. The van der Waals surface area contributed by atoms with Crippen LogP contribution < -0.4 is 10.6 Å². The average molecular weight is 295 g/mol. The van der Waals surface area contributed by atoms with Crippen molar-refractivity contribution < 1.29 is 14.3 Å². The number of hydrogen-bond donors (Lipinski definition) is 1. The van der Waals surface area contributed by atoms with Gasteiger partial charge in [-0.05, 0) is 12.8 Å². The molecule has 0 bridgehead atoms. The number of carbonyl (C=O) groups is 1. The van der Waals surface area contributed by atoms with E-state index in [0.717, 1.165) is 30.9 Å². The number of nitrogens with zero attached hydrogens (tertiary/aromatic N) is 2. The number of methoxy groups -OCH3 is 2. The Morgan fingerprint density at radius 2 is 2.10 bits per heavy atom. The molecule has 1 aliphatic rings. The van der Waals surface area contributed by atoms with E-state index in [9.17, 15) is 10.1 Å². The first kappa shape index (κ1) is 14.6. The molecule has 1 aliphatic heterocycles. The lowest BCUT2D eigenvalue weighted by atomic mass is 10.1. The number of nitriles is 1. The number of ether oxygens (including phenoxy) is 2. The summed E-state index contributed by atoms with van der Waals surface area (Å²) in [6.45, 7) is 1.57. The number of thiophene rings is 1. The molecule has 6 nitrogen and oxygen atoms in total. The fourth-order valence-corrected chi connectivity index (χ4v) is 3.44. The molecule has 1 fully saturated rings. The highest BCUT2D eigenvalue weighted by Gasteiger charge is 2.27. The minimum Gasteiger partial charge on any atom is -0.465 e. The zero-order valence-corrected chi connectivity index (χ0v) is 12.3. The lowest BCUT2D eigenvalue weighted by Gasteiger charge is -2.32. The first-order chi connectivity index (χ1) is 9.62. The van der Waals surface area contributed by atoms with Crippen LogP contribution >= 0.6 is 11.3 Å². The quantitative estimate of drug-likeness (QED) is 0.852. The molecule has 108 valence electrons. The average Bonchev–Trinajstić information content (AvgIpc) is 2.83. The fourth-order valence-electron chi connectivity index (χ4n) is 2.30. The molecule has 2 rings (SSSR count). The second kappa shape index (κ2) is 6.11. The normalized spacial score (nSPS) is 15.9. The Kier molecular flexibility index (Phi) is 4.47. The molecule has 0 spiro atoms. The molecule has 1 aromatic heterocycles. The number of hydrogen-bond acceptors (Lipinski definition) is 7. The van der Waals surface area contributed by atoms with Crippen molar-refractivity contribution in [3.63, 3.8) is 0 Å². The van der Waals surface area contributed by atoms with Gasteiger partial charge in [-0.25, -0.2) is 4.79 Å². The summed E-state index contributed by atoms with van der Waals surface area (Å²) in [6, 6.07) is 2.09. The molecular weight excluding hydrogens is 278 g/mol. The van der Waals surface area contributed by atoms with Crippen LogP contribution in [0, 0.1) is 11.3 Å². The summed E-state index contributed by atoms with van der Waals surface area (Å²) in [5, 5.41) is 10.0. The highest BCUT2D eigenvalue weighted by Crippen LogP contribution is 2.39. The molecule has 7 heteroatoms. The Morgan fingerprint density at radius 1 is 1.45 bits per heavy atom. The van der Waals surface area contributed by atoms with Crippen molar-refractivity contribution in [2.75, 3.05) is 37.9 Å². The minimum absolute atomic E-state index is 0.216. The van der Waals surface area contributed by atoms with Crippen LogP contribution in [0.5, 0.6) is 0 Å². The molecular formula is C13H17N3O3S. The number of piperidine rings is 1. The lowest BCUT2D eigenvalue weighted by Crippen LogP contribution is -2.36. The first-order valence-corrected chi connectivity index (χ1v) is 7.12. The van der Waals surface area contributed by atoms with E-state index in [1.807, 2.05) is 0 Å². The Balaban J connectivity index is 2.28. The van der Waals surface area contributed by atoms with Crippen molar-refractivity contribution in [1.82, 2.24) is 0 Å². The fraction of sp³-hybridized carbons (Fsp3) is 0.538. The number of anilines is 2. The minimum atomic E-state index is -0.498. The third-order valence-electron chi connectivity index (χ3n) is 3.47. The summed E-state index contributed by atoms with van der Waals surface area (Å²) >= 11 is 1.22. The highest BCUT2D eigenvalue weighted by molar-refractivity contribution is 7.18. The standard InChI is InChI=1S/C13H17N3O3S/c1-18-8-3-5-16(6-4-8)12-9(7-14)10(15)11(20-12)13(17)19-2/h8H,3-6,15H2,1-2H3. The molecule has 0 atom stereocenters. The van der Waals surface area contributed by atoms with Crippen molar-refractivity contribution in [3.05, 3.63) is 10.4 Å². The molecule has 0 aliphatic carbocycles. The van der Waals surface area contributed by atoms with Crippen LogP contribution in [0.1, 0.15) is 28.1 Å². The monoisotopic (exact) mass is 295 g/mol. The summed E-state index contributed by atoms with van der Waals surface area (Å²) in [6.07, 6.45) is 2.05. The summed E-state index contributed by atoms with van der Waals surface area (Å²) < 4.78 is 10.0. The third kappa shape index (κ3) is 2.57. The van der Waals surface area contributed by atoms with Crippen LogP contribution in [0.4, 0.5) is 10.7 Å². The van der Waals surface area contributed by atoms with E-state index in [4.69, 9.17) is 15.2 Å². The summed E-state index contributed by atoms with van der Waals surface area (Å²) in [5.41, 5.74) is 6.47. The van der Waals surface area contributed by atoms with Crippen molar-refractivity contribution in [3.8, 4) is 6.07 Å². The Hall–Kier alpha value is -1.78. The van der Waals surface area contributed by atoms with Crippen molar-refractivity contribution in [2.45, 2.75) is 18.9 Å². The van der Waals surface area contributed by atoms with E-state index in [2.05, 4.69) is 11.0 Å². The van der Waals surface area contributed by atoms with Gasteiger partial charge in [-0.3, -0.25) is 0 Å². The molecule has 0 amide bonds. The zero-order chi connectivity index (χ0) is 14.7. The van der Waals surface area contributed by atoms with Crippen LogP contribution in [0.2, 0.25) is 0 Å². The molecule has 2 heterocycles. The van der Waals surface area contributed by atoms with Crippen molar-refractivity contribution in [1.29, 1.82) is 5.26 Å². The van der Waals surface area contributed by atoms with Crippen molar-refractivity contribution >= 4 is 28.0 Å². The van der Waals surface area contributed by atoms with Gasteiger partial charge in [-0.1, -0.05) is 0 Å². The molecule has 1 aromatic rings. The van der Waals surface area contributed by atoms with Crippen LogP contribution in [-0.2, 0) is 9.47 Å². The summed E-state index contributed by atoms with van der Waals surface area (Å²) in [4.78, 5) is 14.0. The van der Waals surface area contributed by atoms with Crippen LogP contribution in [0.25, 0.3) is 0 Å². The van der Waals surface area contributed by atoms with Crippen LogP contribution in [-0.4, -0.2) is 39.4 Å². The van der Waals surface area contributed by atoms with Gasteiger partial charge in [0.2, 0.25) is 0 Å². The van der Waals surface area contributed by atoms with Gasteiger partial charge < -0.3 is 20.1 Å². The van der Waals surface area contributed by atoms with Crippen LogP contribution in [0.3, 0.4) is 0 Å². The van der Waals surface area contributed by atoms with E-state index in [-0.39, 0.29) is 11.8 Å². The van der Waals surface area contributed by atoms with Gasteiger partial charge in [-0.15, -0.1) is 11.3 Å². The largest absolute Gasteiger partial charge is 0.465 e. The Morgan fingerprint density at radius 3 is 2.60 bits per heavy atom. The van der Waals surface area contributed by atoms with Crippen molar-refractivity contribution in [2.24, 2.45) is 0 Å². The van der Waals surface area contributed by atoms with E-state index in [1.54, 1.807) is 7.11 Å². The summed E-state index contributed by atoms with van der Waals surface area (Å²) in [5.74, 6) is -0.498. The second-order valence-corrected chi connectivity index (χ2v) is 5.55. The van der Waals surface area contributed by atoms with E-state index >= 15 is 0 Å². The van der Waals surface area contributed by atoms with E-state index in [1.165, 1.54) is 18.4 Å². The predicted molar refractivity (Wildman–Crippen MR) is 77.0 cm³/mol. The maximum absolute atomic E-state index is 11.7. The van der Waals surface area contributed by atoms with Gasteiger partial charge >= 0.3 is 5.97 Å². The first-order valence-electron chi connectivity index (χ1n) is 6.30. The maximum atomic E-state index is 11.7. The number of esters is 1. The molecule has 0 radical (unpaired) electrons. The number of nitrogens with two attached hydrogens (primary N) is 1. The number of nitrogen functional groups attached to an aromatic ring is 1. The lowest BCUT2D eigenvalue weighted by molar-refractivity contribution is 0.0607. The topological polar surface area (TPSA) is 88.6 Å². The third-order valence-corrected chi connectivity index (χ3v) is 4.72. The van der Waals surface area contributed by atoms with Gasteiger partial charge in [0.15, 0.2) is 0 Å². The molecule has 20 heavy (non-hydrogen) atoms. The predicted octanol–water partition coefficient (Wildman–Crippen LogP) is 1.60. The SMILES string of the molecule is COC(=O)c1sc(N2CCC(OC)CC2)c(C#N)c1N. The van der Waals surface area contributed by atoms with Gasteiger partial charge in [0, 0.05) is 20.2 Å². The summed E-state index contributed by atoms with van der Waals surface area (Å²) in [7, 11) is 3.01. The molecule has 0 saturated carbocycles. The maximum Gasteiger partial charge on any atom is 0.350 e. The smallest absolute Gasteiger partial charge is 0.350 e. The van der Waals surface area contributed by atoms with Crippen LogP contribution in [0.15, 0.2) is 0 Å². The van der Waals surface area contributed by atoms with Gasteiger partial charge in [0.25, 0.3) is 0 Å². The zero-order valence-electron chi connectivity index (χ0n) is 11.5. The molecule has 0 unspecified atom stereocenters. The Labute approximate surface area is 121 Å². The molecule has 2 N–H and O–H groups in total.